The number of nitrogens with zero attached hydrogens (tertiary/aromatic N) is 2. The molecule has 2 aliphatic heterocycles. The number of para-hydroxylation sites is 1. The highest BCUT2D eigenvalue weighted by atomic mass is 16.2. The third kappa shape index (κ3) is 3.59. The van der Waals surface area contributed by atoms with Crippen molar-refractivity contribution in [3.63, 3.8) is 0 Å². The standard InChI is InChI=1S/C24H26N2O2/c1-2-5-18-8-10-20(11-9-18)24(28)25-16-14-21(15-17-25)26-22-7-4-3-6-19(22)12-13-23(26)27/h2-4,6-11,21H,1,5,12-17H2. The lowest BCUT2D eigenvalue weighted by Gasteiger charge is -2.41. The fourth-order valence-corrected chi connectivity index (χ4v) is 4.31. The molecule has 2 heterocycles. The topological polar surface area (TPSA) is 40.6 Å². The minimum absolute atomic E-state index is 0.0778. The highest BCUT2D eigenvalue weighted by molar-refractivity contribution is 5.97. The maximum absolute atomic E-state index is 12.8. The van der Waals surface area contributed by atoms with Crippen molar-refractivity contribution in [3.05, 3.63) is 77.9 Å². The molecule has 2 aliphatic rings. The van der Waals surface area contributed by atoms with Gasteiger partial charge in [-0.25, -0.2) is 0 Å². The normalized spacial score (nSPS) is 17.4. The van der Waals surface area contributed by atoms with Crippen LogP contribution in [0.5, 0.6) is 0 Å². The van der Waals surface area contributed by atoms with Crippen LogP contribution in [0.2, 0.25) is 0 Å². The number of allylic oxidation sites excluding steroid dienone is 1. The highest BCUT2D eigenvalue weighted by Crippen LogP contribution is 2.32. The van der Waals surface area contributed by atoms with Crippen LogP contribution in [0.3, 0.4) is 0 Å². The van der Waals surface area contributed by atoms with Crippen molar-refractivity contribution in [2.45, 2.75) is 38.1 Å². The van der Waals surface area contributed by atoms with E-state index in [0.29, 0.717) is 19.5 Å². The highest BCUT2D eigenvalue weighted by Gasteiger charge is 2.33. The quantitative estimate of drug-likeness (QED) is 0.759. The van der Waals surface area contributed by atoms with Gasteiger partial charge in [0, 0.05) is 36.8 Å². The van der Waals surface area contributed by atoms with Gasteiger partial charge in [0.1, 0.15) is 0 Å². The molecular weight excluding hydrogens is 348 g/mol. The lowest BCUT2D eigenvalue weighted by Crippen LogP contribution is -2.50. The second-order valence-electron chi connectivity index (χ2n) is 7.61. The van der Waals surface area contributed by atoms with Crippen LogP contribution in [0, 0.1) is 0 Å². The van der Waals surface area contributed by atoms with Gasteiger partial charge in [-0.15, -0.1) is 6.58 Å². The first kappa shape index (κ1) is 18.5. The van der Waals surface area contributed by atoms with Gasteiger partial charge in [0.2, 0.25) is 5.91 Å². The number of hydrogen-bond donors (Lipinski definition) is 0. The predicted molar refractivity (Wildman–Crippen MR) is 112 cm³/mol. The maximum Gasteiger partial charge on any atom is 0.253 e. The van der Waals surface area contributed by atoms with E-state index in [9.17, 15) is 9.59 Å². The monoisotopic (exact) mass is 374 g/mol. The first-order valence-corrected chi connectivity index (χ1v) is 10.1. The molecule has 4 rings (SSSR count). The molecule has 4 heteroatoms. The van der Waals surface area contributed by atoms with Gasteiger partial charge in [-0.05, 0) is 55.0 Å². The summed E-state index contributed by atoms with van der Waals surface area (Å²) in [4.78, 5) is 29.4. The first-order valence-electron chi connectivity index (χ1n) is 10.1. The number of aryl methyl sites for hydroxylation is 1. The molecule has 2 amide bonds. The van der Waals surface area contributed by atoms with E-state index in [1.54, 1.807) is 0 Å². The molecule has 1 saturated heterocycles. The van der Waals surface area contributed by atoms with Crippen molar-refractivity contribution < 1.29 is 9.59 Å². The Morgan fingerprint density at radius 3 is 2.46 bits per heavy atom. The Labute approximate surface area is 166 Å². The molecule has 0 bridgehead atoms. The number of anilines is 1. The summed E-state index contributed by atoms with van der Waals surface area (Å²) in [7, 11) is 0. The average Bonchev–Trinajstić information content (AvgIpc) is 2.74. The molecule has 0 radical (unpaired) electrons. The molecular formula is C24H26N2O2. The Balaban J connectivity index is 1.43. The van der Waals surface area contributed by atoms with Crippen LogP contribution >= 0.6 is 0 Å². The van der Waals surface area contributed by atoms with Gasteiger partial charge in [0.15, 0.2) is 0 Å². The summed E-state index contributed by atoms with van der Waals surface area (Å²) in [6.07, 6.45) is 5.71. The van der Waals surface area contributed by atoms with Gasteiger partial charge < -0.3 is 9.80 Å². The van der Waals surface area contributed by atoms with Gasteiger partial charge in [-0.3, -0.25) is 9.59 Å². The van der Waals surface area contributed by atoms with Crippen molar-refractivity contribution in [2.24, 2.45) is 0 Å². The molecule has 4 nitrogen and oxygen atoms in total. The summed E-state index contributed by atoms with van der Waals surface area (Å²) in [6, 6.07) is 16.2. The summed E-state index contributed by atoms with van der Waals surface area (Å²) >= 11 is 0. The Morgan fingerprint density at radius 1 is 1.04 bits per heavy atom. The van der Waals surface area contributed by atoms with Crippen molar-refractivity contribution in [2.75, 3.05) is 18.0 Å². The molecule has 2 aromatic carbocycles. The van der Waals surface area contributed by atoms with Crippen molar-refractivity contribution >= 4 is 17.5 Å². The number of rotatable bonds is 4. The summed E-state index contributed by atoms with van der Waals surface area (Å²) in [5, 5.41) is 0. The van der Waals surface area contributed by atoms with Crippen LogP contribution < -0.4 is 4.90 Å². The molecule has 0 N–H and O–H groups in total. The van der Waals surface area contributed by atoms with Crippen LogP contribution in [0.1, 0.15) is 40.7 Å². The molecule has 0 spiro atoms. The van der Waals surface area contributed by atoms with E-state index in [1.807, 2.05) is 52.3 Å². The van der Waals surface area contributed by atoms with Crippen LogP contribution in [0.4, 0.5) is 5.69 Å². The van der Waals surface area contributed by atoms with Crippen molar-refractivity contribution in [1.29, 1.82) is 0 Å². The predicted octanol–water partition coefficient (Wildman–Crippen LogP) is 4.00. The lowest BCUT2D eigenvalue weighted by atomic mass is 9.95. The van der Waals surface area contributed by atoms with E-state index < -0.39 is 0 Å². The molecule has 1 fully saturated rings. The third-order valence-corrected chi connectivity index (χ3v) is 5.83. The summed E-state index contributed by atoms with van der Waals surface area (Å²) in [5.74, 6) is 0.287. The fraction of sp³-hybridized carbons (Fsp3) is 0.333. The van der Waals surface area contributed by atoms with E-state index in [1.165, 1.54) is 5.56 Å². The number of piperidine rings is 1. The van der Waals surface area contributed by atoms with E-state index in [-0.39, 0.29) is 17.9 Å². The largest absolute Gasteiger partial charge is 0.338 e. The second kappa shape index (κ2) is 8.01. The number of hydrogen-bond acceptors (Lipinski definition) is 2. The van der Waals surface area contributed by atoms with E-state index in [2.05, 4.69) is 18.7 Å². The van der Waals surface area contributed by atoms with Crippen LogP contribution in [0.15, 0.2) is 61.2 Å². The zero-order valence-corrected chi connectivity index (χ0v) is 16.1. The molecule has 0 saturated carbocycles. The first-order chi connectivity index (χ1) is 13.7. The number of amides is 2. The maximum atomic E-state index is 12.8. The number of carbonyl (C=O) groups is 2. The zero-order valence-electron chi connectivity index (χ0n) is 16.1. The Kier molecular flexibility index (Phi) is 5.29. The number of carbonyl (C=O) groups excluding carboxylic acids is 2. The van der Waals surface area contributed by atoms with Crippen molar-refractivity contribution in [3.8, 4) is 0 Å². The van der Waals surface area contributed by atoms with Crippen LogP contribution in [-0.2, 0) is 17.6 Å². The molecule has 28 heavy (non-hydrogen) atoms. The molecule has 0 aliphatic carbocycles. The molecule has 144 valence electrons. The van der Waals surface area contributed by atoms with E-state index in [4.69, 9.17) is 0 Å². The number of fused-ring (bicyclic) bond motifs is 1. The smallest absolute Gasteiger partial charge is 0.253 e. The Morgan fingerprint density at radius 2 is 1.75 bits per heavy atom. The number of likely N-dealkylation sites (tertiary alicyclic amines) is 1. The third-order valence-electron chi connectivity index (χ3n) is 5.83. The minimum atomic E-state index is 0.0778. The SMILES string of the molecule is C=CCc1ccc(C(=O)N2CCC(N3C(=O)CCc4ccccc43)CC2)cc1. The summed E-state index contributed by atoms with van der Waals surface area (Å²) in [5.41, 5.74) is 4.19. The van der Waals surface area contributed by atoms with Gasteiger partial charge >= 0.3 is 0 Å². The van der Waals surface area contributed by atoms with Crippen LogP contribution in [0.25, 0.3) is 0 Å². The fourth-order valence-electron chi connectivity index (χ4n) is 4.31. The second-order valence-corrected chi connectivity index (χ2v) is 7.61. The Hall–Kier alpha value is -2.88. The molecule has 0 aromatic heterocycles. The minimum Gasteiger partial charge on any atom is -0.338 e. The van der Waals surface area contributed by atoms with Crippen molar-refractivity contribution in [1.82, 2.24) is 4.90 Å². The lowest BCUT2D eigenvalue weighted by molar-refractivity contribution is -0.119. The summed E-state index contributed by atoms with van der Waals surface area (Å²) in [6.45, 7) is 5.12. The molecule has 2 aromatic rings. The Bertz CT molecular complexity index is 880. The van der Waals surface area contributed by atoms with E-state index >= 15 is 0 Å². The van der Waals surface area contributed by atoms with Gasteiger partial charge in [0.25, 0.3) is 5.91 Å². The summed E-state index contributed by atoms with van der Waals surface area (Å²) < 4.78 is 0. The molecule has 0 unspecified atom stereocenters. The van der Waals surface area contributed by atoms with E-state index in [0.717, 1.165) is 42.5 Å². The average molecular weight is 374 g/mol. The number of benzene rings is 2. The zero-order chi connectivity index (χ0) is 19.5. The molecule has 0 atom stereocenters. The van der Waals surface area contributed by atoms with Gasteiger partial charge in [-0.2, -0.15) is 0 Å². The van der Waals surface area contributed by atoms with Gasteiger partial charge in [-0.1, -0.05) is 36.4 Å². The van der Waals surface area contributed by atoms with Crippen LogP contribution in [-0.4, -0.2) is 35.8 Å². The van der Waals surface area contributed by atoms with Gasteiger partial charge in [0.05, 0.1) is 0 Å².